The normalized spacial score (nSPS) is 30.1. The van der Waals surface area contributed by atoms with Crippen LogP contribution in [0.1, 0.15) is 33.1 Å². The van der Waals surface area contributed by atoms with Crippen LogP contribution in [0.4, 0.5) is 10.1 Å². The molecule has 1 aliphatic heterocycles. The maximum Gasteiger partial charge on any atom is 0.143 e. The Morgan fingerprint density at radius 1 is 1.33 bits per heavy atom. The maximum absolute atomic E-state index is 13.2. The molecule has 3 atom stereocenters. The molecular weight excluding hydrogens is 229 g/mol. The van der Waals surface area contributed by atoms with Crippen molar-refractivity contribution in [2.75, 3.05) is 5.32 Å². The number of hydrogen-bond donors (Lipinski definition) is 1. The summed E-state index contributed by atoms with van der Waals surface area (Å²) >= 11 is 0. The van der Waals surface area contributed by atoms with Gasteiger partial charge in [-0.3, -0.25) is 0 Å². The molecule has 1 heterocycles. The first kappa shape index (κ1) is 11.8. The van der Waals surface area contributed by atoms with Crippen molar-refractivity contribution < 1.29 is 9.13 Å². The Kier molecular flexibility index (Phi) is 2.92. The molecule has 2 nitrogen and oxygen atoms in total. The molecule has 1 aromatic carbocycles. The van der Waals surface area contributed by atoms with Gasteiger partial charge in [-0.15, -0.1) is 0 Å². The summed E-state index contributed by atoms with van der Waals surface area (Å²) in [7, 11) is 0. The highest BCUT2D eigenvalue weighted by atomic mass is 19.1. The van der Waals surface area contributed by atoms with Gasteiger partial charge >= 0.3 is 0 Å². The Morgan fingerprint density at radius 3 is 2.94 bits per heavy atom. The minimum atomic E-state index is -0.209. The number of nitrogens with one attached hydrogen (secondary N) is 1. The van der Waals surface area contributed by atoms with Gasteiger partial charge in [-0.2, -0.15) is 0 Å². The van der Waals surface area contributed by atoms with E-state index >= 15 is 0 Å². The van der Waals surface area contributed by atoms with Crippen LogP contribution in [0, 0.1) is 17.7 Å². The van der Waals surface area contributed by atoms with Crippen LogP contribution in [0.15, 0.2) is 18.2 Å². The monoisotopic (exact) mass is 249 g/mol. The van der Waals surface area contributed by atoms with Gasteiger partial charge in [0, 0.05) is 6.07 Å². The summed E-state index contributed by atoms with van der Waals surface area (Å²) in [5.41, 5.74) is 0.806. The Balaban J connectivity index is 1.80. The molecule has 3 rings (SSSR count). The highest BCUT2D eigenvalue weighted by Gasteiger charge is 2.36. The van der Waals surface area contributed by atoms with Crippen LogP contribution in [0.2, 0.25) is 0 Å². The van der Waals surface area contributed by atoms with Crippen LogP contribution < -0.4 is 10.1 Å². The minimum Gasteiger partial charge on any atom is -0.486 e. The fourth-order valence-electron chi connectivity index (χ4n) is 3.15. The lowest BCUT2D eigenvalue weighted by atomic mass is 9.77. The van der Waals surface area contributed by atoms with Crippen LogP contribution >= 0.6 is 0 Å². The summed E-state index contributed by atoms with van der Waals surface area (Å²) < 4.78 is 19.2. The topological polar surface area (TPSA) is 21.3 Å². The second kappa shape index (κ2) is 4.45. The van der Waals surface area contributed by atoms with Crippen molar-refractivity contribution >= 4 is 5.69 Å². The third kappa shape index (κ3) is 2.06. The first-order chi connectivity index (χ1) is 8.63. The van der Waals surface area contributed by atoms with Crippen molar-refractivity contribution in [2.24, 2.45) is 11.8 Å². The first-order valence-corrected chi connectivity index (χ1v) is 6.86. The van der Waals surface area contributed by atoms with Crippen molar-refractivity contribution in [3.63, 3.8) is 0 Å². The SMILES string of the molecule is CC(C)C1CCC2Oc3ccc(F)cc3NC2C1. The van der Waals surface area contributed by atoms with Gasteiger partial charge in [0.05, 0.1) is 11.7 Å². The summed E-state index contributed by atoms with van der Waals surface area (Å²) in [4.78, 5) is 0. The number of rotatable bonds is 1. The predicted molar refractivity (Wildman–Crippen MR) is 70.4 cm³/mol. The van der Waals surface area contributed by atoms with Crippen molar-refractivity contribution in [3.05, 3.63) is 24.0 Å². The Hall–Kier alpha value is -1.25. The summed E-state index contributed by atoms with van der Waals surface area (Å²) in [6, 6.07) is 5.05. The van der Waals surface area contributed by atoms with E-state index in [1.165, 1.54) is 18.6 Å². The van der Waals surface area contributed by atoms with E-state index in [0.717, 1.165) is 30.2 Å². The maximum atomic E-state index is 13.2. The smallest absolute Gasteiger partial charge is 0.143 e. The molecular formula is C15H20FNO. The molecule has 18 heavy (non-hydrogen) atoms. The highest BCUT2D eigenvalue weighted by Crippen LogP contribution is 2.39. The van der Waals surface area contributed by atoms with Gasteiger partial charge in [-0.25, -0.2) is 4.39 Å². The van der Waals surface area contributed by atoms with E-state index < -0.39 is 0 Å². The lowest BCUT2D eigenvalue weighted by Gasteiger charge is -2.42. The zero-order chi connectivity index (χ0) is 12.7. The fraction of sp³-hybridized carbons (Fsp3) is 0.600. The van der Waals surface area contributed by atoms with E-state index in [9.17, 15) is 4.39 Å². The average molecular weight is 249 g/mol. The van der Waals surface area contributed by atoms with Crippen molar-refractivity contribution in [1.82, 2.24) is 0 Å². The molecule has 1 saturated carbocycles. The molecule has 2 aliphatic rings. The second-order valence-electron chi connectivity index (χ2n) is 5.86. The van der Waals surface area contributed by atoms with E-state index in [2.05, 4.69) is 19.2 Å². The summed E-state index contributed by atoms with van der Waals surface area (Å²) in [5.74, 6) is 2.04. The number of fused-ring (bicyclic) bond motifs is 2. The lowest BCUT2D eigenvalue weighted by Crippen LogP contribution is -2.46. The Morgan fingerprint density at radius 2 is 2.17 bits per heavy atom. The van der Waals surface area contributed by atoms with E-state index in [1.807, 2.05) is 0 Å². The number of anilines is 1. The van der Waals surface area contributed by atoms with Crippen molar-refractivity contribution in [3.8, 4) is 5.75 Å². The molecule has 1 N–H and O–H groups in total. The van der Waals surface area contributed by atoms with Gasteiger partial charge in [-0.05, 0) is 43.2 Å². The first-order valence-electron chi connectivity index (χ1n) is 6.86. The number of hydrogen-bond acceptors (Lipinski definition) is 2. The van der Waals surface area contributed by atoms with Crippen molar-refractivity contribution in [2.45, 2.75) is 45.3 Å². The van der Waals surface area contributed by atoms with E-state index in [-0.39, 0.29) is 11.9 Å². The van der Waals surface area contributed by atoms with Crippen LogP contribution in [-0.2, 0) is 0 Å². The van der Waals surface area contributed by atoms with Gasteiger partial charge < -0.3 is 10.1 Å². The standard InChI is InChI=1S/C15H20FNO/c1-9(2)10-3-5-14-12(7-10)17-13-8-11(16)4-6-15(13)18-14/h4,6,8-10,12,14,17H,3,5,7H2,1-2H3. The minimum absolute atomic E-state index is 0.209. The van der Waals surface area contributed by atoms with Crippen molar-refractivity contribution in [1.29, 1.82) is 0 Å². The van der Waals surface area contributed by atoms with E-state index in [0.29, 0.717) is 12.0 Å². The summed E-state index contributed by atoms with van der Waals surface area (Å²) in [6.45, 7) is 4.56. The van der Waals surface area contributed by atoms with Gasteiger partial charge in [0.2, 0.25) is 0 Å². The van der Waals surface area contributed by atoms with Gasteiger partial charge in [0.1, 0.15) is 17.7 Å². The predicted octanol–water partition coefficient (Wildman–Crippen LogP) is 3.82. The zero-order valence-electron chi connectivity index (χ0n) is 10.9. The fourth-order valence-corrected chi connectivity index (χ4v) is 3.15. The molecule has 0 bridgehead atoms. The van der Waals surface area contributed by atoms with Gasteiger partial charge in [-0.1, -0.05) is 13.8 Å². The highest BCUT2D eigenvalue weighted by molar-refractivity contribution is 5.59. The second-order valence-corrected chi connectivity index (χ2v) is 5.86. The van der Waals surface area contributed by atoms with Crippen LogP contribution in [0.5, 0.6) is 5.75 Å². The zero-order valence-corrected chi connectivity index (χ0v) is 10.9. The molecule has 0 saturated heterocycles. The number of halogens is 1. The van der Waals surface area contributed by atoms with Gasteiger partial charge in [0.25, 0.3) is 0 Å². The number of ether oxygens (including phenoxy) is 1. The largest absolute Gasteiger partial charge is 0.486 e. The van der Waals surface area contributed by atoms with E-state index in [4.69, 9.17) is 4.74 Å². The Labute approximate surface area is 108 Å². The van der Waals surface area contributed by atoms with Gasteiger partial charge in [0.15, 0.2) is 0 Å². The third-order valence-electron chi connectivity index (χ3n) is 4.33. The molecule has 0 radical (unpaired) electrons. The quantitative estimate of drug-likeness (QED) is 0.817. The molecule has 98 valence electrons. The lowest BCUT2D eigenvalue weighted by molar-refractivity contribution is 0.0946. The summed E-state index contributed by atoms with van der Waals surface area (Å²) in [6.07, 6.45) is 3.70. The summed E-state index contributed by atoms with van der Waals surface area (Å²) in [5, 5.41) is 3.46. The molecule has 0 spiro atoms. The Bertz CT molecular complexity index is 446. The van der Waals surface area contributed by atoms with Crippen LogP contribution in [0.25, 0.3) is 0 Å². The number of benzene rings is 1. The average Bonchev–Trinajstić information content (AvgIpc) is 2.35. The molecule has 1 aromatic rings. The third-order valence-corrected chi connectivity index (χ3v) is 4.33. The molecule has 0 aromatic heterocycles. The molecule has 3 unspecified atom stereocenters. The van der Waals surface area contributed by atoms with Crippen LogP contribution in [-0.4, -0.2) is 12.1 Å². The molecule has 3 heteroatoms. The molecule has 1 aliphatic carbocycles. The molecule has 0 amide bonds. The molecule has 1 fully saturated rings. The van der Waals surface area contributed by atoms with Crippen LogP contribution in [0.3, 0.4) is 0 Å². The van der Waals surface area contributed by atoms with E-state index in [1.54, 1.807) is 6.07 Å².